The van der Waals surface area contributed by atoms with Crippen LogP contribution < -0.4 is 0 Å². The maximum absolute atomic E-state index is 13.0. The topological polar surface area (TPSA) is 80.8 Å². The van der Waals surface area contributed by atoms with Gasteiger partial charge in [-0.3, -0.25) is 19.3 Å². The molecule has 1 aromatic rings. The summed E-state index contributed by atoms with van der Waals surface area (Å²) >= 11 is 5.82. The van der Waals surface area contributed by atoms with Gasteiger partial charge in [0, 0.05) is 10.6 Å². The second-order valence-electron chi connectivity index (χ2n) is 8.66. The van der Waals surface area contributed by atoms with Crippen LogP contribution in [0.4, 0.5) is 0 Å². The lowest BCUT2D eigenvalue weighted by Crippen LogP contribution is -2.50. The first-order valence-corrected chi connectivity index (χ1v) is 10.5. The number of Topliss-reactive ketones (excluding diaryl/α,β-unsaturated/α-hetero) is 1. The minimum absolute atomic E-state index is 0.244. The van der Waals surface area contributed by atoms with Crippen molar-refractivity contribution in [1.82, 2.24) is 4.90 Å². The number of amides is 2. The molecular weight excluding hydrogens is 394 g/mol. The van der Waals surface area contributed by atoms with Crippen molar-refractivity contribution in [3.8, 4) is 0 Å². The van der Waals surface area contributed by atoms with Crippen LogP contribution in [-0.2, 0) is 19.1 Å². The number of ketones is 1. The summed E-state index contributed by atoms with van der Waals surface area (Å²) in [5.41, 5.74) is 0.378. The molecule has 0 spiro atoms. The van der Waals surface area contributed by atoms with Gasteiger partial charge in [0.15, 0.2) is 12.4 Å². The Balaban J connectivity index is 1.47. The van der Waals surface area contributed by atoms with Crippen LogP contribution >= 0.6 is 11.6 Å². The van der Waals surface area contributed by atoms with E-state index >= 15 is 0 Å². The maximum atomic E-state index is 13.0. The molecule has 1 heterocycles. The molecule has 2 saturated carbocycles. The van der Waals surface area contributed by atoms with Crippen molar-refractivity contribution >= 4 is 35.2 Å². The molecule has 6 nitrogen and oxygen atoms in total. The first-order valence-electron chi connectivity index (χ1n) is 10.1. The highest BCUT2D eigenvalue weighted by molar-refractivity contribution is 6.30. The van der Waals surface area contributed by atoms with Crippen LogP contribution in [0.25, 0.3) is 0 Å². The van der Waals surface area contributed by atoms with Crippen molar-refractivity contribution < 1.29 is 23.9 Å². The molecule has 3 fully saturated rings. The number of hydrogen-bond donors (Lipinski definition) is 0. The summed E-state index contributed by atoms with van der Waals surface area (Å²) in [4.78, 5) is 52.3. The molecule has 0 radical (unpaired) electrons. The molecule has 0 aromatic heterocycles. The van der Waals surface area contributed by atoms with Gasteiger partial charge in [-0.25, -0.2) is 4.79 Å². The zero-order chi connectivity index (χ0) is 20.9. The van der Waals surface area contributed by atoms with E-state index in [1.807, 2.05) is 0 Å². The molecule has 0 unspecified atom stereocenters. The zero-order valence-corrected chi connectivity index (χ0v) is 17.2. The molecule has 4 rings (SSSR count). The Morgan fingerprint density at radius 3 is 2.14 bits per heavy atom. The van der Waals surface area contributed by atoms with E-state index in [2.05, 4.69) is 0 Å². The Morgan fingerprint density at radius 1 is 1.07 bits per heavy atom. The minimum Gasteiger partial charge on any atom is -0.456 e. The zero-order valence-electron chi connectivity index (χ0n) is 16.5. The van der Waals surface area contributed by atoms with E-state index in [1.165, 1.54) is 0 Å². The minimum atomic E-state index is -1.00. The third kappa shape index (κ3) is 3.37. The maximum Gasteiger partial charge on any atom is 0.330 e. The van der Waals surface area contributed by atoms with E-state index in [0.29, 0.717) is 10.6 Å². The lowest BCUT2D eigenvalue weighted by Gasteiger charge is -2.28. The number of benzene rings is 1. The fraction of sp³-hybridized carbons (Fsp3) is 0.545. The summed E-state index contributed by atoms with van der Waals surface area (Å²) in [5, 5.41) is 0.504. The molecule has 0 N–H and O–H groups in total. The van der Waals surface area contributed by atoms with Crippen molar-refractivity contribution in [2.24, 2.45) is 29.6 Å². The molecule has 2 amide bonds. The smallest absolute Gasteiger partial charge is 0.330 e. The quantitative estimate of drug-likeness (QED) is 0.403. The monoisotopic (exact) mass is 417 g/mol. The van der Waals surface area contributed by atoms with Crippen LogP contribution in [0, 0.1) is 29.6 Å². The van der Waals surface area contributed by atoms with E-state index in [1.54, 1.807) is 38.1 Å². The number of hydrogen-bond acceptors (Lipinski definition) is 5. The van der Waals surface area contributed by atoms with Gasteiger partial charge in [-0.2, -0.15) is 0 Å². The van der Waals surface area contributed by atoms with Gasteiger partial charge in [0.05, 0.1) is 11.8 Å². The molecule has 1 aliphatic heterocycles. The lowest BCUT2D eigenvalue weighted by atomic mass is 9.81. The Hall–Kier alpha value is -2.21. The summed E-state index contributed by atoms with van der Waals surface area (Å²) in [5.74, 6) is -1.94. The first kappa shape index (κ1) is 20.1. The Morgan fingerprint density at radius 2 is 1.62 bits per heavy atom. The predicted molar refractivity (Wildman–Crippen MR) is 105 cm³/mol. The lowest BCUT2D eigenvalue weighted by molar-refractivity contribution is -0.160. The molecule has 2 bridgehead atoms. The van der Waals surface area contributed by atoms with Crippen LogP contribution in [0.15, 0.2) is 24.3 Å². The molecule has 29 heavy (non-hydrogen) atoms. The van der Waals surface area contributed by atoms with Gasteiger partial charge in [0.1, 0.15) is 6.04 Å². The summed E-state index contributed by atoms with van der Waals surface area (Å²) in [6.45, 7) is 3.10. The Labute approximate surface area is 174 Å². The highest BCUT2D eigenvalue weighted by Gasteiger charge is 2.62. The highest BCUT2D eigenvalue weighted by atomic mass is 35.5. The van der Waals surface area contributed by atoms with Gasteiger partial charge in [-0.1, -0.05) is 25.4 Å². The van der Waals surface area contributed by atoms with E-state index in [4.69, 9.17) is 16.3 Å². The average molecular weight is 418 g/mol. The SMILES string of the molecule is CC(C)[C@@H](C(=O)OCC(=O)c1ccc(Cl)cc1)N1C(=O)[C@@H]2[C@@H]3CC[C@H](C3)[C@@H]2C1=O. The molecule has 3 aliphatic rings. The second-order valence-corrected chi connectivity index (χ2v) is 9.09. The van der Waals surface area contributed by atoms with Gasteiger partial charge < -0.3 is 4.74 Å². The van der Waals surface area contributed by atoms with Gasteiger partial charge in [0.25, 0.3) is 0 Å². The third-order valence-electron chi connectivity index (χ3n) is 6.62. The number of esters is 1. The summed E-state index contributed by atoms with van der Waals surface area (Å²) in [6.07, 6.45) is 2.89. The highest BCUT2D eigenvalue weighted by Crippen LogP contribution is 2.56. The number of nitrogens with zero attached hydrogens (tertiary/aromatic N) is 1. The van der Waals surface area contributed by atoms with Crippen LogP contribution in [0.5, 0.6) is 0 Å². The van der Waals surface area contributed by atoms with Crippen molar-refractivity contribution in [1.29, 1.82) is 0 Å². The van der Waals surface area contributed by atoms with Crippen molar-refractivity contribution in [2.45, 2.75) is 39.2 Å². The van der Waals surface area contributed by atoms with E-state index < -0.39 is 18.6 Å². The fourth-order valence-electron chi connectivity index (χ4n) is 5.32. The van der Waals surface area contributed by atoms with Crippen molar-refractivity contribution in [3.63, 3.8) is 0 Å². The predicted octanol–water partition coefficient (Wildman–Crippen LogP) is 3.12. The molecule has 1 saturated heterocycles. The molecule has 5 atom stereocenters. The molecule has 7 heteroatoms. The largest absolute Gasteiger partial charge is 0.456 e. The van der Waals surface area contributed by atoms with Gasteiger partial charge >= 0.3 is 5.97 Å². The average Bonchev–Trinajstić information content (AvgIpc) is 3.36. The second kappa shape index (κ2) is 7.56. The van der Waals surface area contributed by atoms with E-state index in [0.717, 1.165) is 24.2 Å². The number of rotatable bonds is 6. The van der Waals surface area contributed by atoms with Crippen molar-refractivity contribution in [3.05, 3.63) is 34.9 Å². The third-order valence-corrected chi connectivity index (χ3v) is 6.88. The van der Waals surface area contributed by atoms with Crippen LogP contribution in [-0.4, -0.2) is 41.1 Å². The molecule has 2 aliphatic carbocycles. The number of carbonyl (C=O) groups is 4. The molecule has 1 aromatic carbocycles. The molecule has 154 valence electrons. The normalized spacial score (nSPS) is 28.8. The van der Waals surface area contributed by atoms with Crippen LogP contribution in [0.2, 0.25) is 5.02 Å². The van der Waals surface area contributed by atoms with Gasteiger partial charge in [-0.15, -0.1) is 0 Å². The van der Waals surface area contributed by atoms with E-state index in [9.17, 15) is 19.2 Å². The van der Waals surface area contributed by atoms with Crippen molar-refractivity contribution in [2.75, 3.05) is 6.61 Å². The number of halogens is 1. The van der Waals surface area contributed by atoms with Crippen LogP contribution in [0.3, 0.4) is 0 Å². The number of carbonyl (C=O) groups excluding carboxylic acids is 4. The Bertz CT molecular complexity index is 836. The fourth-order valence-corrected chi connectivity index (χ4v) is 5.45. The molecular formula is C22H24ClNO5. The summed E-state index contributed by atoms with van der Waals surface area (Å²) in [6, 6.07) is 5.29. The van der Waals surface area contributed by atoms with Crippen LogP contribution in [0.1, 0.15) is 43.5 Å². The number of ether oxygens (including phenoxy) is 1. The van der Waals surface area contributed by atoms with Gasteiger partial charge in [-0.05, 0) is 61.3 Å². The number of imide groups is 1. The van der Waals surface area contributed by atoms with Gasteiger partial charge in [0.2, 0.25) is 11.8 Å². The first-order chi connectivity index (χ1) is 13.8. The Kier molecular flexibility index (Phi) is 5.23. The van der Waals surface area contributed by atoms with E-state index in [-0.39, 0.29) is 47.2 Å². The summed E-state index contributed by atoms with van der Waals surface area (Å²) < 4.78 is 5.24. The number of fused-ring (bicyclic) bond motifs is 5. The standard InChI is InChI=1S/C22H24ClNO5/c1-11(2)19(22(28)29-10-16(25)12-5-7-15(23)8-6-12)24-20(26)17-13-3-4-14(9-13)18(17)21(24)27/h5-8,11,13-14,17-19H,3-4,9-10H2,1-2H3/t13-,14-,17-,18+,19+/m1/s1. The summed E-state index contributed by atoms with van der Waals surface area (Å²) in [7, 11) is 0. The number of likely N-dealkylation sites (tertiary alicyclic amines) is 1.